The quantitative estimate of drug-likeness (QED) is 0.315. The molecule has 0 saturated carbocycles. The summed E-state index contributed by atoms with van der Waals surface area (Å²) < 4.78 is 24.0. The summed E-state index contributed by atoms with van der Waals surface area (Å²) in [5.74, 6) is 1.86. The Morgan fingerprint density at radius 2 is 1.04 bits per heavy atom. The Bertz CT molecular complexity index is 405. The van der Waals surface area contributed by atoms with Crippen molar-refractivity contribution < 1.29 is 9.13 Å². The van der Waals surface area contributed by atoms with E-state index >= 15 is 0 Å². The third-order valence-electron chi connectivity index (χ3n) is 4.41. The van der Waals surface area contributed by atoms with Crippen LogP contribution < -0.4 is 0 Å². The van der Waals surface area contributed by atoms with Gasteiger partial charge in [-0.05, 0) is 37.5 Å². The van der Waals surface area contributed by atoms with Gasteiger partial charge in [0.2, 0.25) is 0 Å². The third-order valence-corrected chi connectivity index (χ3v) is 10.1. The van der Waals surface area contributed by atoms with E-state index in [1.165, 1.54) is 25.7 Å². The fraction of sp³-hybridized carbons (Fsp3) is 1.00. The van der Waals surface area contributed by atoms with Crippen LogP contribution in [0.5, 0.6) is 0 Å². The molecule has 0 amide bonds. The van der Waals surface area contributed by atoms with Gasteiger partial charge >= 0.3 is 0 Å². The lowest BCUT2D eigenvalue weighted by atomic mass is 10.1. The Kier molecular flexibility index (Phi) is 16.1. The lowest BCUT2D eigenvalue weighted by Crippen LogP contribution is -2.07. The van der Waals surface area contributed by atoms with Crippen molar-refractivity contribution in [3.8, 4) is 0 Å². The van der Waals surface area contributed by atoms with Crippen LogP contribution in [0.3, 0.4) is 0 Å². The molecular weight excluding hydrogens is 346 g/mol. The van der Waals surface area contributed by atoms with E-state index in [2.05, 4.69) is 48.5 Å². The molecule has 2 nitrogen and oxygen atoms in total. The molecule has 0 saturated heterocycles. The molecule has 0 N–H and O–H groups in total. The van der Waals surface area contributed by atoms with Crippen LogP contribution in [0.15, 0.2) is 0 Å². The van der Waals surface area contributed by atoms with Gasteiger partial charge in [0.15, 0.2) is 0 Å². The van der Waals surface area contributed by atoms with Crippen LogP contribution in [0, 0.1) is 17.8 Å². The average Bonchev–Trinajstić information content (AvgIpc) is 2.36. The highest BCUT2D eigenvalue weighted by Crippen LogP contribution is 2.45. The van der Waals surface area contributed by atoms with Gasteiger partial charge in [-0.25, -0.2) is 0 Å². The molecule has 0 aliphatic carbocycles. The predicted molar refractivity (Wildman–Crippen MR) is 120 cm³/mol. The Labute approximate surface area is 160 Å². The zero-order valence-corrected chi connectivity index (χ0v) is 20.6. The van der Waals surface area contributed by atoms with E-state index in [4.69, 9.17) is 0 Å². The van der Waals surface area contributed by atoms with E-state index in [1.807, 2.05) is 13.3 Å². The molecule has 4 unspecified atom stereocenters. The molecule has 0 radical (unpaired) electrons. The van der Waals surface area contributed by atoms with Crippen molar-refractivity contribution in [2.75, 3.05) is 38.0 Å². The van der Waals surface area contributed by atoms with Gasteiger partial charge < -0.3 is 9.13 Å². The van der Waals surface area contributed by atoms with Gasteiger partial charge in [0.25, 0.3) is 0 Å². The van der Waals surface area contributed by atoms with E-state index < -0.39 is 14.3 Å². The first-order valence-corrected chi connectivity index (χ1v) is 15.5. The Morgan fingerprint density at radius 1 is 0.640 bits per heavy atom. The van der Waals surface area contributed by atoms with E-state index in [9.17, 15) is 9.13 Å². The lowest BCUT2D eigenvalue weighted by molar-refractivity contribution is 0.536. The smallest absolute Gasteiger partial charge is 0.0853 e. The molecule has 0 aromatic rings. The first-order valence-electron chi connectivity index (χ1n) is 10.5. The number of hydrogen-bond donors (Lipinski definition) is 0. The molecule has 4 heteroatoms. The highest BCUT2D eigenvalue weighted by molar-refractivity contribution is 7.63. The minimum Gasteiger partial charge on any atom is -0.324 e. The molecule has 0 aliphatic heterocycles. The largest absolute Gasteiger partial charge is 0.324 e. The zero-order chi connectivity index (χ0) is 20.1. The monoisotopic (exact) mass is 394 g/mol. The first kappa shape index (κ1) is 27.7. The van der Waals surface area contributed by atoms with E-state index in [1.54, 1.807) is 0 Å². The molecule has 4 atom stereocenters. The number of hydrogen-bond acceptors (Lipinski definition) is 2. The van der Waals surface area contributed by atoms with E-state index in [0.717, 1.165) is 31.1 Å². The zero-order valence-electron chi connectivity index (χ0n) is 18.8. The second-order valence-corrected chi connectivity index (χ2v) is 15.8. The molecule has 0 heterocycles. The number of rotatable bonds is 12. The lowest BCUT2D eigenvalue weighted by Gasteiger charge is -2.19. The molecule has 0 aromatic heterocycles. The summed E-state index contributed by atoms with van der Waals surface area (Å²) in [4.78, 5) is 0. The summed E-state index contributed by atoms with van der Waals surface area (Å²) in [6.45, 7) is 19.2. The summed E-state index contributed by atoms with van der Waals surface area (Å²) in [5, 5.41) is 0. The summed E-state index contributed by atoms with van der Waals surface area (Å²) in [5.41, 5.74) is 0. The summed E-state index contributed by atoms with van der Waals surface area (Å²) >= 11 is 0. The molecule has 0 spiro atoms. The third kappa shape index (κ3) is 19.0. The summed E-state index contributed by atoms with van der Waals surface area (Å²) in [7, 11) is -3.61. The van der Waals surface area contributed by atoms with Crippen molar-refractivity contribution in [3.63, 3.8) is 0 Å². The second-order valence-electron chi connectivity index (χ2n) is 9.05. The maximum Gasteiger partial charge on any atom is 0.0853 e. The van der Waals surface area contributed by atoms with Gasteiger partial charge in [0.1, 0.15) is 0 Å². The topological polar surface area (TPSA) is 34.1 Å². The van der Waals surface area contributed by atoms with Crippen molar-refractivity contribution in [2.24, 2.45) is 17.8 Å². The molecule has 0 aliphatic rings. The van der Waals surface area contributed by atoms with Crippen LogP contribution in [0.4, 0.5) is 0 Å². The maximum atomic E-state index is 12.1. The molecule has 0 bridgehead atoms. The molecular formula is C21H48O2P2. The average molecular weight is 395 g/mol. The molecule has 0 fully saturated rings. The van der Waals surface area contributed by atoms with Gasteiger partial charge in [0.05, 0.1) is 14.3 Å². The van der Waals surface area contributed by atoms with Gasteiger partial charge in [-0.15, -0.1) is 0 Å². The van der Waals surface area contributed by atoms with Crippen LogP contribution >= 0.6 is 14.3 Å². The van der Waals surface area contributed by atoms with Crippen LogP contribution in [0.25, 0.3) is 0 Å². The Morgan fingerprint density at radius 3 is 1.36 bits per heavy atom. The van der Waals surface area contributed by atoms with E-state index in [-0.39, 0.29) is 0 Å². The predicted octanol–water partition coefficient (Wildman–Crippen LogP) is 7.90. The van der Waals surface area contributed by atoms with Crippen LogP contribution in [-0.2, 0) is 9.13 Å². The molecule has 0 rings (SSSR count). The SMILES string of the molecule is CCCC(C)CP(C)(=O)CC(C)C.CCCC(C)CP(C)(=O)CCC. The molecule has 25 heavy (non-hydrogen) atoms. The maximum absolute atomic E-state index is 12.1. The van der Waals surface area contributed by atoms with Gasteiger partial charge in [-0.2, -0.15) is 0 Å². The summed E-state index contributed by atoms with van der Waals surface area (Å²) in [6, 6.07) is 0. The van der Waals surface area contributed by atoms with Gasteiger partial charge in [0, 0.05) is 24.6 Å². The van der Waals surface area contributed by atoms with Crippen LogP contribution in [0.2, 0.25) is 0 Å². The fourth-order valence-corrected chi connectivity index (χ4v) is 9.72. The Hall–Kier alpha value is 0.460. The molecule has 154 valence electrons. The fourth-order valence-electron chi connectivity index (χ4n) is 3.90. The van der Waals surface area contributed by atoms with E-state index in [0.29, 0.717) is 17.8 Å². The normalized spacial score (nSPS) is 18.6. The minimum absolute atomic E-state index is 0.574. The van der Waals surface area contributed by atoms with Crippen molar-refractivity contribution >= 4 is 14.3 Å². The first-order chi connectivity index (χ1) is 11.4. The Balaban J connectivity index is 0. The van der Waals surface area contributed by atoms with Gasteiger partial charge in [-0.3, -0.25) is 0 Å². The highest BCUT2D eigenvalue weighted by atomic mass is 31.2. The van der Waals surface area contributed by atoms with Gasteiger partial charge in [-0.1, -0.05) is 74.1 Å². The summed E-state index contributed by atoms with van der Waals surface area (Å²) in [6.07, 6.45) is 9.68. The van der Waals surface area contributed by atoms with Crippen molar-refractivity contribution in [1.82, 2.24) is 0 Å². The van der Waals surface area contributed by atoms with Crippen molar-refractivity contribution in [3.05, 3.63) is 0 Å². The van der Waals surface area contributed by atoms with Crippen molar-refractivity contribution in [2.45, 2.75) is 80.6 Å². The van der Waals surface area contributed by atoms with Crippen LogP contribution in [0.1, 0.15) is 80.6 Å². The molecule has 0 aromatic carbocycles. The standard InChI is InChI=1S/C11H25OP.C10H23OP/c1-6-7-11(4)9-13(5,12)8-10(2)3;1-5-7-10(3)9-12(4,11)8-6-2/h10-11H,6-9H2,1-5H3;10H,5-9H2,1-4H3. The second kappa shape index (κ2) is 14.5. The van der Waals surface area contributed by atoms with Crippen LogP contribution in [-0.4, -0.2) is 38.0 Å². The highest BCUT2D eigenvalue weighted by Gasteiger charge is 2.20. The van der Waals surface area contributed by atoms with Crippen molar-refractivity contribution in [1.29, 1.82) is 0 Å². The minimum atomic E-state index is -1.83.